The van der Waals surface area contributed by atoms with Crippen LogP contribution in [0.3, 0.4) is 0 Å². The van der Waals surface area contributed by atoms with Crippen LogP contribution in [-0.4, -0.2) is 26.2 Å². The van der Waals surface area contributed by atoms with Crippen LogP contribution in [0.2, 0.25) is 18.1 Å². The Morgan fingerprint density at radius 1 is 1.47 bits per heavy atom. The number of hydrogen-bond donors (Lipinski definition) is 1. The van der Waals surface area contributed by atoms with Crippen molar-refractivity contribution in [2.75, 3.05) is 0 Å². The Morgan fingerprint density at radius 2 is 1.93 bits per heavy atom. The molecule has 1 atom stereocenters. The molecule has 1 unspecified atom stereocenters. The van der Waals surface area contributed by atoms with E-state index in [4.69, 9.17) is 4.43 Å². The van der Waals surface area contributed by atoms with Crippen molar-refractivity contribution in [3.05, 3.63) is 0 Å². The first-order chi connectivity index (χ1) is 6.63. The van der Waals surface area contributed by atoms with Crippen molar-refractivity contribution < 1.29 is 14.0 Å². The summed E-state index contributed by atoms with van der Waals surface area (Å²) in [5.74, 6) is -0.353. The van der Waals surface area contributed by atoms with Gasteiger partial charge in [-0.2, -0.15) is 0 Å². The van der Waals surface area contributed by atoms with E-state index in [1.54, 1.807) is 0 Å². The maximum absolute atomic E-state index is 11.6. The van der Waals surface area contributed by atoms with Crippen LogP contribution in [0.1, 0.15) is 27.2 Å². The first kappa shape index (κ1) is 12.2. The molecule has 1 heterocycles. The maximum Gasteiger partial charge on any atom is 0.315 e. The van der Waals surface area contributed by atoms with Gasteiger partial charge in [-0.3, -0.25) is 9.59 Å². The van der Waals surface area contributed by atoms with Crippen LogP contribution in [0.4, 0.5) is 0 Å². The van der Waals surface area contributed by atoms with Gasteiger partial charge in [-0.05, 0) is 18.1 Å². The van der Waals surface area contributed by atoms with E-state index in [1.807, 2.05) is 13.1 Å². The van der Waals surface area contributed by atoms with E-state index in [-0.39, 0.29) is 23.3 Å². The molecule has 15 heavy (non-hydrogen) atoms. The van der Waals surface area contributed by atoms with Gasteiger partial charge in [0.25, 0.3) is 8.32 Å². The Balaban J connectivity index is 2.54. The van der Waals surface area contributed by atoms with Crippen molar-refractivity contribution in [2.24, 2.45) is 0 Å². The lowest BCUT2D eigenvalue weighted by molar-refractivity contribution is -0.146. The quantitative estimate of drug-likeness (QED) is 0.575. The fraction of sp³-hybridized carbons (Fsp3) is 0.800. The largest absolute Gasteiger partial charge is 0.518 e. The minimum Gasteiger partial charge on any atom is -0.518 e. The molecule has 0 spiro atoms. The van der Waals surface area contributed by atoms with E-state index in [0.29, 0.717) is 0 Å². The number of β-lactam (4-membered cyclic amide) rings is 1. The van der Waals surface area contributed by atoms with E-state index in [1.165, 1.54) is 0 Å². The Bertz CT molecular complexity index is 286. The van der Waals surface area contributed by atoms with Crippen molar-refractivity contribution in [2.45, 2.75) is 51.4 Å². The molecule has 1 aliphatic heterocycles. The second-order valence-electron chi connectivity index (χ2n) is 5.51. The highest BCUT2D eigenvalue weighted by Crippen LogP contribution is 2.36. The van der Waals surface area contributed by atoms with Gasteiger partial charge in [0.1, 0.15) is 6.04 Å². The third-order valence-corrected chi connectivity index (χ3v) is 7.50. The van der Waals surface area contributed by atoms with Crippen molar-refractivity contribution in [3.8, 4) is 0 Å². The van der Waals surface area contributed by atoms with Crippen molar-refractivity contribution in [3.63, 3.8) is 0 Å². The number of rotatable bonds is 2. The van der Waals surface area contributed by atoms with E-state index in [0.717, 1.165) is 0 Å². The van der Waals surface area contributed by atoms with Crippen molar-refractivity contribution >= 4 is 20.2 Å². The summed E-state index contributed by atoms with van der Waals surface area (Å²) >= 11 is 0. The highest BCUT2D eigenvalue weighted by molar-refractivity contribution is 6.75. The molecule has 86 valence electrons. The molecule has 1 N–H and O–H groups in total. The normalized spacial score (nSPS) is 21.7. The lowest BCUT2D eigenvalue weighted by atomic mass is 10.1. The van der Waals surface area contributed by atoms with Gasteiger partial charge in [-0.1, -0.05) is 20.8 Å². The summed E-state index contributed by atoms with van der Waals surface area (Å²) in [6.07, 6.45) is 0.271. The van der Waals surface area contributed by atoms with Crippen LogP contribution in [0.5, 0.6) is 0 Å². The summed E-state index contributed by atoms with van der Waals surface area (Å²) in [5, 5.41) is 2.54. The van der Waals surface area contributed by atoms with E-state index in [9.17, 15) is 9.59 Å². The van der Waals surface area contributed by atoms with Gasteiger partial charge in [-0.25, -0.2) is 0 Å². The first-order valence-corrected chi connectivity index (χ1v) is 8.06. The predicted octanol–water partition coefficient (Wildman–Crippen LogP) is 1.42. The molecule has 5 heteroatoms. The smallest absolute Gasteiger partial charge is 0.315 e. The Labute approximate surface area is 91.5 Å². The Hall–Kier alpha value is -0.843. The van der Waals surface area contributed by atoms with Crippen LogP contribution >= 0.6 is 0 Å². The highest BCUT2D eigenvalue weighted by Gasteiger charge is 2.43. The third kappa shape index (κ3) is 2.59. The molecule has 0 bridgehead atoms. The van der Waals surface area contributed by atoms with Crippen molar-refractivity contribution in [1.82, 2.24) is 5.32 Å². The molecule has 1 aliphatic rings. The summed E-state index contributed by atoms with van der Waals surface area (Å²) < 4.78 is 5.54. The van der Waals surface area contributed by atoms with Crippen LogP contribution in [0.15, 0.2) is 0 Å². The van der Waals surface area contributed by atoms with Gasteiger partial charge in [0.15, 0.2) is 0 Å². The average molecular weight is 229 g/mol. The molecule has 4 nitrogen and oxygen atoms in total. The van der Waals surface area contributed by atoms with E-state index < -0.39 is 14.4 Å². The van der Waals surface area contributed by atoms with Gasteiger partial charge in [-0.15, -0.1) is 0 Å². The summed E-state index contributed by atoms with van der Waals surface area (Å²) in [5.41, 5.74) is 0. The zero-order chi connectivity index (χ0) is 11.9. The zero-order valence-corrected chi connectivity index (χ0v) is 11.0. The van der Waals surface area contributed by atoms with Gasteiger partial charge in [0, 0.05) is 0 Å². The highest BCUT2D eigenvalue weighted by atomic mass is 28.4. The monoisotopic (exact) mass is 229 g/mol. The predicted molar refractivity (Wildman–Crippen MR) is 59.8 cm³/mol. The van der Waals surface area contributed by atoms with Gasteiger partial charge < -0.3 is 9.74 Å². The summed E-state index contributed by atoms with van der Waals surface area (Å²) in [7, 11) is -2.04. The lowest BCUT2D eigenvalue weighted by Crippen LogP contribution is -2.56. The zero-order valence-electron chi connectivity index (χ0n) is 10.0. The van der Waals surface area contributed by atoms with Crippen LogP contribution in [-0.2, 0) is 14.0 Å². The van der Waals surface area contributed by atoms with Crippen LogP contribution in [0, 0.1) is 0 Å². The molecule has 0 aromatic heterocycles. The molecule has 0 radical (unpaired) electrons. The number of hydrogen-bond acceptors (Lipinski definition) is 3. The minimum atomic E-state index is -2.04. The Morgan fingerprint density at radius 3 is 2.27 bits per heavy atom. The lowest BCUT2D eigenvalue weighted by Gasteiger charge is -2.37. The molecule has 1 saturated heterocycles. The molecule has 0 saturated carbocycles. The topological polar surface area (TPSA) is 55.4 Å². The molecule has 1 amide bonds. The van der Waals surface area contributed by atoms with Crippen molar-refractivity contribution in [1.29, 1.82) is 0 Å². The standard InChI is InChI=1S/C10H19NO3Si/c1-10(2,3)15(4,5)14-9(13)7-6-8(12)11-7/h7H,6H2,1-5H3,(H,11,12). The SMILES string of the molecule is CC(C)(C)[Si](C)(C)OC(=O)C1CC(=O)N1. The first-order valence-electron chi connectivity index (χ1n) is 5.16. The number of carbonyl (C=O) groups is 2. The Kier molecular flexibility index (Phi) is 2.96. The number of nitrogens with one attached hydrogen (secondary N) is 1. The van der Waals surface area contributed by atoms with Crippen LogP contribution < -0.4 is 5.32 Å². The molecule has 0 aromatic carbocycles. The average Bonchev–Trinajstić information content (AvgIpc) is 1.95. The number of amides is 1. The second kappa shape index (κ2) is 3.63. The molecular formula is C10H19NO3Si. The maximum atomic E-state index is 11.6. The summed E-state index contributed by atoms with van der Waals surface area (Å²) in [6.45, 7) is 10.3. The minimum absolute atomic E-state index is 0.0103. The second-order valence-corrected chi connectivity index (χ2v) is 10.2. The summed E-state index contributed by atoms with van der Waals surface area (Å²) in [4.78, 5) is 22.3. The molecule has 1 fully saturated rings. The molecule has 1 rings (SSSR count). The van der Waals surface area contributed by atoms with Crippen LogP contribution in [0.25, 0.3) is 0 Å². The van der Waals surface area contributed by atoms with Gasteiger partial charge in [0.2, 0.25) is 5.91 Å². The summed E-state index contributed by atoms with van der Waals surface area (Å²) in [6, 6.07) is -0.411. The van der Waals surface area contributed by atoms with E-state index in [2.05, 4.69) is 26.1 Å². The fourth-order valence-electron chi connectivity index (χ4n) is 0.977. The van der Waals surface area contributed by atoms with E-state index >= 15 is 0 Å². The van der Waals surface area contributed by atoms with Gasteiger partial charge >= 0.3 is 5.97 Å². The fourth-order valence-corrected chi connectivity index (χ4v) is 1.93. The van der Waals surface area contributed by atoms with Gasteiger partial charge in [0.05, 0.1) is 6.42 Å². The molecular weight excluding hydrogens is 210 g/mol. The third-order valence-electron chi connectivity index (χ3n) is 3.17. The molecule has 0 aromatic rings. The molecule has 0 aliphatic carbocycles. The number of carbonyl (C=O) groups excluding carboxylic acids is 2.